The molecule has 2 aromatic rings. The van der Waals surface area contributed by atoms with Crippen LogP contribution in [0.25, 0.3) is 0 Å². The molecule has 0 unspecified atom stereocenters. The van der Waals surface area contributed by atoms with Gasteiger partial charge in [-0.3, -0.25) is 0 Å². The molecular formula is C16H18NO2PS2. The van der Waals surface area contributed by atoms with Crippen LogP contribution in [0.1, 0.15) is 0 Å². The van der Waals surface area contributed by atoms with E-state index >= 15 is 0 Å². The van der Waals surface area contributed by atoms with Crippen LogP contribution in [-0.4, -0.2) is 31.0 Å². The van der Waals surface area contributed by atoms with Crippen LogP contribution in [0.15, 0.2) is 70.5 Å². The van der Waals surface area contributed by atoms with Gasteiger partial charge in [-0.25, -0.2) is 0 Å². The van der Waals surface area contributed by atoms with E-state index in [0.29, 0.717) is 0 Å². The van der Waals surface area contributed by atoms with Gasteiger partial charge in [-0.15, -0.1) is 0 Å². The monoisotopic (exact) mass is 351 g/mol. The van der Waals surface area contributed by atoms with E-state index < -0.39 is 5.61 Å². The third-order valence-corrected chi connectivity index (χ3v) is 15.0. The van der Waals surface area contributed by atoms with Gasteiger partial charge in [-0.05, 0) is 0 Å². The molecule has 2 saturated heterocycles. The standard InChI is InChI=1S/C16H18NO2PS2/c1-3-7-15(8-4-1)21-20(22-16-9-5-2-6-10-16)17(11-13-18-20)12-14-19-20/h1-10H,11-14H2. The minimum atomic E-state index is -2.96. The van der Waals surface area contributed by atoms with Crippen molar-refractivity contribution in [2.75, 3.05) is 26.3 Å². The second-order valence-electron chi connectivity index (χ2n) is 5.20. The number of hydrogen-bond acceptors (Lipinski definition) is 5. The predicted octanol–water partition coefficient (Wildman–Crippen LogP) is 5.06. The molecule has 0 saturated carbocycles. The summed E-state index contributed by atoms with van der Waals surface area (Å²) < 4.78 is 15.3. The Morgan fingerprint density at radius 3 is 1.64 bits per heavy atom. The van der Waals surface area contributed by atoms with E-state index in [-0.39, 0.29) is 0 Å². The van der Waals surface area contributed by atoms with Gasteiger partial charge in [0.05, 0.1) is 0 Å². The Kier molecular flexibility index (Phi) is 3.97. The number of fused-ring (bicyclic) bond motifs is 1. The summed E-state index contributed by atoms with van der Waals surface area (Å²) in [4.78, 5) is 2.41. The Bertz CT molecular complexity index is 600. The first-order valence-corrected chi connectivity index (χ1v) is 12.2. The SMILES string of the molecule is c1ccc(SP23(Sc4ccccc4)OCCN2CCO3)cc1. The van der Waals surface area contributed by atoms with Gasteiger partial charge in [0.2, 0.25) is 0 Å². The van der Waals surface area contributed by atoms with E-state index in [1.54, 1.807) is 22.8 Å². The van der Waals surface area contributed by atoms with Crippen LogP contribution in [-0.2, 0) is 9.05 Å². The number of rotatable bonds is 4. The number of benzene rings is 2. The van der Waals surface area contributed by atoms with Gasteiger partial charge in [-0.1, -0.05) is 0 Å². The van der Waals surface area contributed by atoms with Gasteiger partial charge < -0.3 is 0 Å². The molecule has 116 valence electrons. The topological polar surface area (TPSA) is 21.7 Å². The first-order chi connectivity index (χ1) is 10.8. The average molecular weight is 351 g/mol. The van der Waals surface area contributed by atoms with Crippen LogP contribution in [0.4, 0.5) is 0 Å². The molecular weight excluding hydrogens is 333 g/mol. The first kappa shape index (κ1) is 15.0. The van der Waals surface area contributed by atoms with Gasteiger partial charge in [0.15, 0.2) is 0 Å². The molecule has 0 atom stereocenters. The molecule has 0 N–H and O–H groups in total. The molecule has 0 amide bonds. The molecule has 2 aromatic carbocycles. The minimum absolute atomic E-state index is 0.748. The summed E-state index contributed by atoms with van der Waals surface area (Å²) in [6.07, 6.45) is 0. The normalized spacial score (nSPS) is 24.5. The van der Waals surface area contributed by atoms with E-state index in [0.717, 1.165) is 26.3 Å². The molecule has 0 aromatic heterocycles. The summed E-state index contributed by atoms with van der Waals surface area (Å²) in [5.74, 6) is 0. The van der Waals surface area contributed by atoms with Crippen molar-refractivity contribution in [3.05, 3.63) is 60.7 Å². The molecule has 2 aliphatic rings. The zero-order chi connectivity index (χ0) is 14.9. The molecule has 0 aliphatic carbocycles. The van der Waals surface area contributed by atoms with Crippen molar-refractivity contribution in [2.24, 2.45) is 0 Å². The second kappa shape index (κ2) is 5.82. The molecule has 2 aliphatic heterocycles. The fourth-order valence-corrected chi connectivity index (χ4v) is 14.6. The van der Waals surface area contributed by atoms with Crippen LogP contribution in [0, 0.1) is 0 Å². The van der Waals surface area contributed by atoms with Crippen LogP contribution in [0.2, 0.25) is 0 Å². The summed E-state index contributed by atoms with van der Waals surface area (Å²) in [5.41, 5.74) is -2.96. The van der Waals surface area contributed by atoms with Crippen molar-refractivity contribution in [1.82, 2.24) is 4.67 Å². The molecule has 6 heteroatoms. The van der Waals surface area contributed by atoms with E-state index in [1.165, 1.54) is 9.79 Å². The van der Waals surface area contributed by atoms with Crippen molar-refractivity contribution in [1.29, 1.82) is 0 Å². The van der Waals surface area contributed by atoms with Gasteiger partial charge in [0.25, 0.3) is 0 Å². The van der Waals surface area contributed by atoms with E-state index in [2.05, 4.69) is 53.2 Å². The second-order valence-corrected chi connectivity index (χ2v) is 14.8. The third-order valence-electron chi connectivity index (χ3n) is 3.78. The Labute approximate surface area is 139 Å². The van der Waals surface area contributed by atoms with E-state index in [4.69, 9.17) is 9.05 Å². The van der Waals surface area contributed by atoms with Crippen molar-refractivity contribution < 1.29 is 9.05 Å². The average Bonchev–Trinajstić information content (AvgIpc) is 3.04. The predicted molar refractivity (Wildman–Crippen MR) is 95.0 cm³/mol. The van der Waals surface area contributed by atoms with Gasteiger partial charge >= 0.3 is 139 Å². The number of hydrogen-bond donors (Lipinski definition) is 0. The van der Waals surface area contributed by atoms with E-state index in [9.17, 15) is 0 Å². The first-order valence-electron chi connectivity index (χ1n) is 7.37. The Morgan fingerprint density at radius 2 is 1.18 bits per heavy atom. The molecule has 22 heavy (non-hydrogen) atoms. The van der Waals surface area contributed by atoms with Crippen LogP contribution in [0.5, 0.6) is 0 Å². The van der Waals surface area contributed by atoms with Crippen molar-refractivity contribution in [2.45, 2.75) is 9.79 Å². The van der Waals surface area contributed by atoms with Gasteiger partial charge in [-0.2, -0.15) is 0 Å². The quantitative estimate of drug-likeness (QED) is 0.716. The van der Waals surface area contributed by atoms with Crippen LogP contribution < -0.4 is 0 Å². The molecule has 2 fully saturated rings. The fraction of sp³-hybridized carbons (Fsp3) is 0.250. The molecule has 2 heterocycles. The van der Waals surface area contributed by atoms with Gasteiger partial charge in [0, 0.05) is 0 Å². The van der Waals surface area contributed by atoms with Crippen molar-refractivity contribution in [3.63, 3.8) is 0 Å². The van der Waals surface area contributed by atoms with Crippen LogP contribution in [0.3, 0.4) is 0 Å². The fourth-order valence-electron chi connectivity index (χ4n) is 2.79. The third kappa shape index (κ3) is 2.50. The van der Waals surface area contributed by atoms with Gasteiger partial charge in [0.1, 0.15) is 0 Å². The molecule has 4 rings (SSSR count). The maximum absolute atomic E-state index is 6.42. The zero-order valence-electron chi connectivity index (χ0n) is 12.1. The molecule has 0 spiro atoms. The Hall–Kier alpha value is -0.550. The van der Waals surface area contributed by atoms with Crippen molar-refractivity contribution in [3.8, 4) is 0 Å². The summed E-state index contributed by atoms with van der Waals surface area (Å²) in [6, 6.07) is 20.9. The molecule has 0 radical (unpaired) electrons. The maximum atomic E-state index is 6.42. The summed E-state index contributed by atoms with van der Waals surface area (Å²) in [5, 5.41) is 0. The summed E-state index contributed by atoms with van der Waals surface area (Å²) >= 11 is 3.57. The Morgan fingerprint density at radius 1 is 0.727 bits per heavy atom. The number of nitrogens with zero attached hydrogens (tertiary/aromatic N) is 1. The zero-order valence-corrected chi connectivity index (χ0v) is 14.7. The molecule has 0 bridgehead atoms. The van der Waals surface area contributed by atoms with Crippen molar-refractivity contribution >= 4 is 28.4 Å². The molecule has 3 nitrogen and oxygen atoms in total. The summed E-state index contributed by atoms with van der Waals surface area (Å²) in [6.45, 7) is 3.41. The Balaban J connectivity index is 1.75. The van der Waals surface area contributed by atoms with E-state index in [1.807, 2.05) is 12.1 Å². The summed E-state index contributed by atoms with van der Waals surface area (Å²) in [7, 11) is 0. The van der Waals surface area contributed by atoms with Crippen LogP contribution >= 0.6 is 28.4 Å².